The monoisotopic (exact) mass is 281 g/mol. The third-order valence-corrected chi connectivity index (χ3v) is 2.97. The summed E-state index contributed by atoms with van der Waals surface area (Å²) in [6.07, 6.45) is 2.94. The standard InChI is InChI=1S/C10H23N3O2S2/c11-13-10(15)8(5-7-17)12-9(14)4-2-1-3-6-16/h8,10,13,15-17H,1-7,11H2,(H,12,14). The van der Waals surface area contributed by atoms with Crippen molar-refractivity contribution >= 4 is 31.2 Å². The zero-order valence-corrected chi connectivity index (χ0v) is 11.7. The molecule has 0 aromatic heterocycles. The Kier molecular flexibility index (Phi) is 11.2. The fraction of sp³-hybridized carbons (Fsp3) is 0.900. The average Bonchev–Trinajstić information content (AvgIpc) is 2.33. The molecule has 1 amide bonds. The van der Waals surface area contributed by atoms with Crippen molar-refractivity contribution in [3.8, 4) is 0 Å². The second kappa shape index (κ2) is 11.2. The van der Waals surface area contributed by atoms with Crippen LogP contribution in [-0.4, -0.2) is 34.8 Å². The van der Waals surface area contributed by atoms with Crippen LogP contribution in [0.1, 0.15) is 32.1 Å². The first kappa shape index (κ1) is 17.1. The number of amides is 1. The second-order valence-corrected chi connectivity index (χ2v) is 4.73. The molecule has 0 radical (unpaired) electrons. The molecule has 17 heavy (non-hydrogen) atoms. The number of unbranched alkanes of at least 4 members (excludes halogenated alkanes) is 2. The zero-order valence-electron chi connectivity index (χ0n) is 9.93. The average molecular weight is 281 g/mol. The van der Waals surface area contributed by atoms with E-state index in [4.69, 9.17) is 5.84 Å². The third-order valence-electron chi connectivity index (χ3n) is 2.40. The molecular weight excluding hydrogens is 258 g/mol. The lowest BCUT2D eigenvalue weighted by atomic mass is 10.1. The molecular formula is C10H23N3O2S2. The summed E-state index contributed by atoms with van der Waals surface area (Å²) in [5, 5.41) is 12.3. The third kappa shape index (κ3) is 8.73. The Bertz CT molecular complexity index is 208. The first-order valence-corrected chi connectivity index (χ1v) is 7.07. The van der Waals surface area contributed by atoms with Gasteiger partial charge in [0.25, 0.3) is 0 Å². The Morgan fingerprint density at radius 3 is 2.47 bits per heavy atom. The second-order valence-electron chi connectivity index (χ2n) is 3.83. The highest BCUT2D eigenvalue weighted by Gasteiger charge is 2.18. The number of aliphatic hydroxyl groups is 1. The maximum atomic E-state index is 11.6. The largest absolute Gasteiger partial charge is 0.375 e. The van der Waals surface area contributed by atoms with E-state index in [0.717, 1.165) is 25.0 Å². The molecule has 0 saturated heterocycles. The smallest absolute Gasteiger partial charge is 0.220 e. The summed E-state index contributed by atoms with van der Waals surface area (Å²) in [5.74, 6) is 6.49. The van der Waals surface area contributed by atoms with E-state index in [0.29, 0.717) is 18.6 Å². The summed E-state index contributed by atoms with van der Waals surface area (Å²) in [7, 11) is 0. The van der Waals surface area contributed by atoms with Crippen LogP contribution in [0.25, 0.3) is 0 Å². The van der Waals surface area contributed by atoms with Gasteiger partial charge in [-0.25, -0.2) is 5.43 Å². The highest BCUT2D eigenvalue weighted by atomic mass is 32.1. The highest BCUT2D eigenvalue weighted by molar-refractivity contribution is 7.80. The van der Waals surface area contributed by atoms with Crippen LogP contribution < -0.4 is 16.6 Å². The summed E-state index contributed by atoms with van der Waals surface area (Å²) in [4.78, 5) is 11.6. The molecule has 0 bridgehead atoms. The van der Waals surface area contributed by atoms with Gasteiger partial charge in [-0.15, -0.1) is 0 Å². The predicted octanol–water partition coefficient (Wildman–Crippen LogP) is 0.0630. The van der Waals surface area contributed by atoms with E-state index < -0.39 is 12.3 Å². The van der Waals surface area contributed by atoms with Gasteiger partial charge in [0, 0.05) is 6.42 Å². The Morgan fingerprint density at radius 2 is 1.94 bits per heavy atom. The summed E-state index contributed by atoms with van der Waals surface area (Å²) < 4.78 is 0. The molecule has 7 heteroatoms. The fourth-order valence-electron chi connectivity index (χ4n) is 1.42. The minimum Gasteiger partial charge on any atom is -0.375 e. The van der Waals surface area contributed by atoms with E-state index in [2.05, 4.69) is 36.0 Å². The number of nitrogens with one attached hydrogen (secondary N) is 2. The molecule has 102 valence electrons. The van der Waals surface area contributed by atoms with E-state index in [-0.39, 0.29) is 5.91 Å². The number of rotatable bonds is 10. The maximum Gasteiger partial charge on any atom is 0.220 e. The quantitative estimate of drug-likeness (QED) is 0.112. The van der Waals surface area contributed by atoms with Crippen molar-refractivity contribution in [2.75, 3.05) is 11.5 Å². The van der Waals surface area contributed by atoms with Crippen LogP contribution in [0.4, 0.5) is 0 Å². The molecule has 5 nitrogen and oxygen atoms in total. The number of nitrogens with two attached hydrogens (primary N) is 1. The fourth-order valence-corrected chi connectivity index (χ4v) is 1.92. The predicted molar refractivity (Wildman–Crippen MR) is 76.1 cm³/mol. The highest BCUT2D eigenvalue weighted by Crippen LogP contribution is 2.03. The molecule has 0 saturated carbocycles. The number of aliphatic hydroxyl groups excluding tert-OH is 1. The van der Waals surface area contributed by atoms with Crippen LogP contribution in [0.15, 0.2) is 0 Å². The molecule has 0 aromatic carbocycles. The number of thiol groups is 2. The van der Waals surface area contributed by atoms with Gasteiger partial charge in [-0.2, -0.15) is 25.3 Å². The van der Waals surface area contributed by atoms with E-state index in [1.165, 1.54) is 0 Å². The molecule has 5 N–H and O–H groups in total. The Morgan fingerprint density at radius 1 is 1.24 bits per heavy atom. The SMILES string of the molecule is NNC(O)C(CCS)NC(=O)CCCCCS. The van der Waals surface area contributed by atoms with Crippen molar-refractivity contribution < 1.29 is 9.90 Å². The number of carbonyl (C=O) groups excluding carboxylic acids is 1. The summed E-state index contributed by atoms with van der Waals surface area (Å²) >= 11 is 8.18. The van der Waals surface area contributed by atoms with Crippen molar-refractivity contribution in [1.29, 1.82) is 0 Å². The Labute approximate surface area is 114 Å². The molecule has 0 heterocycles. The maximum absolute atomic E-state index is 11.6. The normalized spacial score (nSPS) is 14.4. The summed E-state index contributed by atoms with van der Waals surface area (Å²) in [6.45, 7) is 0. The molecule has 0 aliphatic rings. The van der Waals surface area contributed by atoms with Crippen molar-refractivity contribution in [2.24, 2.45) is 5.84 Å². The van der Waals surface area contributed by atoms with E-state index in [9.17, 15) is 9.90 Å². The van der Waals surface area contributed by atoms with Crippen LogP contribution in [0, 0.1) is 0 Å². The van der Waals surface area contributed by atoms with E-state index in [1.54, 1.807) is 0 Å². The summed E-state index contributed by atoms with van der Waals surface area (Å²) in [6, 6.07) is -0.394. The molecule has 2 unspecified atom stereocenters. The van der Waals surface area contributed by atoms with E-state index in [1.807, 2.05) is 0 Å². The van der Waals surface area contributed by atoms with Crippen molar-refractivity contribution in [3.63, 3.8) is 0 Å². The first-order valence-electron chi connectivity index (χ1n) is 5.81. The van der Waals surface area contributed by atoms with Crippen molar-refractivity contribution in [3.05, 3.63) is 0 Å². The van der Waals surface area contributed by atoms with Crippen molar-refractivity contribution in [1.82, 2.24) is 10.7 Å². The van der Waals surface area contributed by atoms with Gasteiger partial charge in [0.2, 0.25) is 5.91 Å². The molecule has 0 aromatic rings. The lowest BCUT2D eigenvalue weighted by Crippen LogP contribution is -2.52. The molecule has 0 aliphatic carbocycles. The van der Waals surface area contributed by atoms with Crippen LogP contribution in [-0.2, 0) is 4.79 Å². The van der Waals surface area contributed by atoms with Crippen molar-refractivity contribution in [2.45, 2.75) is 44.4 Å². The minimum absolute atomic E-state index is 0.0646. The minimum atomic E-state index is -0.941. The Balaban J connectivity index is 3.86. The van der Waals surface area contributed by atoms with Gasteiger partial charge in [-0.05, 0) is 30.8 Å². The first-order chi connectivity index (χ1) is 8.15. The lowest BCUT2D eigenvalue weighted by Gasteiger charge is -2.22. The van der Waals surface area contributed by atoms with Crippen LogP contribution in [0.3, 0.4) is 0 Å². The van der Waals surface area contributed by atoms with Gasteiger partial charge in [0.15, 0.2) is 0 Å². The van der Waals surface area contributed by atoms with Gasteiger partial charge in [-0.1, -0.05) is 6.42 Å². The van der Waals surface area contributed by atoms with Gasteiger partial charge < -0.3 is 10.4 Å². The number of hydrazine groups is 1. The molecule has 0 spiro atoms. The van der Waals surface area contributed by atoms with E-state index >= 15 is 0 Å². The van der Waals surface area contributed by atoms with Gasteiger partial charge in [0.1, 0.15) is 6.23 Å². The number of carbonyl (C=O) groups is 1. The van der Waals surface area contributed by atoms with Crippen LogP contribution >= 0.6 is 25.3 Å². The molecule has 0 fully saturated rings. The van der Waals surface area contributed by atoms with Crippen LogP contribution in [0.2, 0.25) is 0 Å². The number of hydrogen-bond donors (Lipinski definition) is 6. The zero-order chi connectivity index (χ0) is 13.1. The molecule has 2 atom stereocenters. The Hall–Kier alpha value is 0.0500. The molecule has 0 aliphatic heterocycles. The summed E-state index contributed by atoms with van der Waals surface area (Å²) in [5.41, 5.74) is 2.23. The number of hydrogen-bond acceptors (Lipinski definition) is 6. The van der Waals surface area contributed by atoms with Gasteiger partial charge >= 0.3 is 0 Å². The topological polar surface area (TPSA) is 87.4 Å². The van der Waals surface area contributed by atoms with Crippen LogP contribution in [0.5, 0.6) is 0 Å². The lowest BCUT2D eigenvalue weighted by molar-refractivity contribution is -0.123. The van der Waals surface area contributed by atoms with Gasteiger partial charge in [0.05, 0.1) is 6.04 Å². The molecule has 0 rings (SSSR count). The van der Waals surface area contributed by atoms with Gasteiger partial charge in [-0.3, -0.25) is 10.6 Å².